The Labute approximate surface area is 134 Å². The van der Waals surface area contributed by atoms with Crippen molar-refractivity contribution in [2.75, 3.05) is 32.2 Å². The van der Waals surface area contributed by atoms with E-state index in [9.17, 15) is 0 Å². The van der Waals surface area contributed by atoms with Gasteiger partial charge in [0, 0.05) is 30.9 Å². The Bertz CT molecular complexity index is 813. The third-order valence-electron chi connectivity index (χ3n) is 3.60. The molecule has 0 atom stereocenters. The average Bonchev–Trinajstić information content (AvgIpc) is 2.98. The highest BCUT2D eigenvalue weighted by Gasteiger charge is 2.14. The highest BCUT2D eigenvalue weighted by atomic mass is 16.5. The average molecular weight is 313 g/mol. The summed E-state index contributed by atoms with van der Waals surface area (Å²) in [4.78, 5) is 10.9. The van der Waals surface area contributed by atoms with Crippen molar-refractivity contribution in [3.05, 3.63) is 36.0 Å². The molecular formula is C16H19N5O2. The summed E-state index contributed by atoms with van der Waals surface area (Å²) in [6, 6.07) is 9.50. The zero-order chi connectivity index (χ0) is 16.4. The van der Waals surface area contributed by atoms with Crippen molar-refractivity contribution >= 4 is 11.6 Å². The van der Waals surface area contributed by atoms with Crippen LogP contribution in [0.5, 0.6) is 5.75 Å². The third-order valence-corrected chi connectivity index (χ3v) is 3.60. The minimum Gasteiger partial charge on any atom is -0.497 e. The minimum atomic E-state index is 0.0688. The van der Waals surface area contributed by atoms with Crippen LogP contribution in [0.25, 0.3) is 17.2 Å². The van der Waals surface area contributed by atoms with Gasteiger partial charge >= 0.3 is 0 Å². The van der Waals surface area contributed by atoms with Gasteiger partial charge < -0.3 is 14.7 Å². The largest absolute Gasteiger partial charge is 0.497 e. The van der Waals surface area contributed by atoms with E-state index < -0.39 is 0 Å². The van der Waals surface area contributed by atoms with Crippen LogP contribution >= 0.6 is 0 Å². The molecule has 3 rings (SSSR count). The number of methoxy groups -OCH3 is 1. The zero-order valence-electron chi connectivity index (χ0n) is 13.4. The first-order valence-corrected chi connectivity index (χ1v) is 7.33. The van der Waals surface area contributed by atoms with Gasteiger partial charge in [-0.1, -0.05) is 0 Å². The lowest BCUT2D eigenvalue weighted by atomic mass is 10.2. The van der Waals surface area contributed by atoms with Gasteiger partial charge in [0.25, 0.3) is 5.78 Å². The highest BCUT2D eigenvalue weighted by Crippen LogP contribution is 2.22. The zero-order valence-corrected chi connectivity index (χ0v) is 13.4. The van der Waals surface area contributed by atoms with Crippen LogP contribution in [-0.2, 0) is 0 Å². The Morgan fingerprint density at radius 3 is 2.61 bits per heavy atom. The topological polar surface area (TPSA) is 75.8 Å². The van der Waals surface area contributed by atoms with Crippen molar-refractivity contribution < 1.29 is 9.84 Å². The standard InChI is InChI=1S/C16H19N5O2/c1-11-10-14(20(2)8-9-22)21-16(17-11)18-15(19-21)12-4-6-13(23-3)7-5-12/h4-7,10,22H,8-9H2,1-3H3. The van der Waals surface area contributed by atoms with Gasteiger partial charge in [0.2, 0.25) is 0 Å². The van der Waals surface area contributed by atoms with E-state index in [0.717, 1.165) is 22.8 Å². The number of hydrogen-bond donors (Lipinski definition) is 1. The molecule has 0 amide bonds. The van der Waals surface area contributed by atoms with Gasteiger partial charge in [0.05, 0.1) is 13.7 Å². The van der Waals surface area contributed by atoms with Gasteiger partial charge in [-0.2, -0.15) is 9.50 Å². The quantitative estimate of drug-likeness (QED) is 0.770. The molecule has 0 bridgehead atoms. The second kappa shape index (κ2) is 6.21. The fourth-order valence-corrected chi connectivity index (χ4v) is 2.37. The van der Waals surface area contributed by atoms with Crippen molar-refractivity contribution in [2.24, 2.45) is 0 Å². The molecule has 7 nitrogen and oxygen atoms in total. The number of aliphatic hydroxyl groups is 1. The molecule has 0 radical (unpaired) electrons. The monoisotopic (exact) mass is 313 g/mol. The van der Waals surface area contributed by atoms with E-state index in [1.165, 1.54) is 0 Å². The first-order valence-electron chi connectivity index (χ1n) is 7.33. The van der Waals surface area contributed by atoms with Crippen LogP contribution in [-0.4, -0.2) is 52.0 Å². The van der Waals surface area contributed by atoms with Crippen LogP contribution in [0.2, 0.25) is 0 Å². The molecule has 23 heavy (non-hydrogen) atoms. The van der Waals surface area contributed by atoms with Crippen LogP contribution < -0.4 is 9.64 Å². The van der Waals surface area contributed by atoms with Crippen molar-refractivity contribution in [1.29, 1.82) is 0 Å². The number of likely N-dealkylation sites (N-methyl/N-ethyl adjacent to an activating group) is 1. The Morgan fingerprint density at radius 2 is 1.96 bits per heavy atom. The lowest BCUT2D eigenvalue weighted by molar-refractivity contribution is 0.303. The van der Waals surface area contributed by atoms with E-state index in [2.05, 4.69) is 15.1 Å². The van der Waals surface area contributed by atoms with Gasteiger partial charge in [0.15, 0.2) is 5.82 Å². The number of ether oxygens (including phenoxy) is 1. The first kappa shape index (κ1) is 15.2. The van der Waals surface area contributed by atoms with E-state index in [1.807, 2.05) is 49.2 Å². The van der Waals surface area contributed by atoms with E-state index >= 15 is 0 Å². The molecule has 120 valence electrons. The summed E-state index contributed by atoms with van der Waals surface area (Å²) < 4.78 is 6.87. The Morgan fingerprint density at radius 1 is 1.22 bits per heavy atom. The number of anilines is 1. The lowest BCUT2D eigenvalue weighted by Gasteiger charge is -2.18. The maximum atomic E-state index is 9.16. The molecule has 1 N–H and O–H groups in total. The molecular weight excluding hydrogens is 294 g/mol. The van der Waals surface area contributed by atoms with Gasteiger partial charge in [-0.05, 0) is 31.2 Å². The predicted molar refractivity (Wildman–Crippen MR) is 87.9 cm³/mol. The summed E-state index contributed by atoms with van der Waals surface area (Å²) in [6.07, 6.45) is 0. The SMILES string of the molecule is COc1ccc(-c2nc3nc(C)cc(N(C)CCO)n3n2)cc1. The van der Waals surface area contributed by atoms with Crippen LogP contribution in [0, 0.1) is 6.92 Å². The molecule has 0 spiro atoms. The molecule has 2 aromatic heterocycles. The Kier molecular flexibility index (Phi) is 4.12. The molecule has 0 unspecified atom stereocenters. The predicted octanol–water partition coefficient (Wildman–Crippen LogP) is 1.54. The molecule has 0 saturated carbocycles. The molecule has 0 aliphatic heterocycles. The molecule has 1 aromatic carbocycles. The van der Waals surface area contributed by atoms with E-state index in [4.69, 9.17) is 9.84 Å². The molecule has 0 aliphatic carbocycles. The minimum absolute atomic E-state index is 0.0688. The van der Waals surface area contributed by atoms with Crippen molar-refractivity contribution in [2.45, 2.75) is 6.92 Å². The van der Waals surface area contributed by atoms with E-state index in [-0.39, 0.29) is 6.61 Å². The van der Waals surface area contributed by atoms with Crippen LogP contribution in [0.1, 0.15) is 5.69 Å². The number of rotatable bonds is 5. The number of nitrogens with zero attached hydrogens (tertiary/aromatic N) is 5. The number of fused-ring (bicyclic) bond motifs is 1. The van der Waals surface area contributed by atoms with Crippen LogP contribution in [0.3, 0.4) is 0 Å². The molecule has 2 heterocycles. The normalized spacial score (nSPS) is 11.0. The first-order chi connectivity index (χ1) is 11.1. The second-order valence-electron chi connectivity index (χ2n) is 5.28. The maximum absolute atomic E-state index is 9.16. The smallest absolute Gasteiger partial charge is 0.254 e. The molecule has 3 aromatic rings. The highest BCUT2D eigenvalue weighted by molar-refractivity contribution is 5.59. The van der Waals surface area contributed by atoms with Crippen molar-refractivity contribution in [3.63, 3.8) is 0 Å². The van der Waals surface area contributed by atoms with Gasteiger partial charge in [-0.25, -0.2) is 4.98 Å². The fourth-order valence-electron chi connectivity index (χ4n) is 2.37. The summed E-state index contributed by atoms with van der Waals surface area (Å²) in [7, 11) is 3.54. The lowest BCUT2D eigenvalue weighted by Crippen LogP contribution is -2.24. The molecule has 7 heteroatoms. The van der Waals surface area contributed by atoms with Gasteiger partial charge in [0.1, 0.15) is 11.6 Å². The van der Waals surface area contributed by atoms with Gasteiger partial charge in [-0.15, -0.1) is 5.10 Å². The third kappa shape index (κ3) is 2.95. The maximum Gasteiger partial charge on any atom is 0.254 e. The fraction of sp³-hybridized carbons (Fsp3) is 0.312. The van der Waals surface area contributed by atoms with Crippen molar-refractivity contribution in [1.82, 2.24) is 19.6 Å². The summed E-state index contributed by atoms with van der Waals surface area (Å²) in [5.41, 5.74) is 1.75. The van der Waals surface area contributed by atoms with Crippen molar-refractivity contribution in [3.8, 4) is 17.1 Å². The number of hydrogen-bond acceptors (Lipinski definition) is 6. The molecule has 0 fully saturated rings. The van der Waals surface area contributed by atoms with Gasteiger partial charge in [-0.3, -0.25) is 0 Å². The summed E-state index contributed by atoms with van der Waals surface area (Å²) >= 11 is 0. The second-order valence-corrected chi connectivity index (χ2v) is 5.28. The number of aromatic nitrogens is 4. The summed E-state index contributed by atoms with van der Waals surface area (Å²) in [5, 5.41) is 13.7. The summed E-state index contributed by atoms with van der Waals surface area (Å²) in [5.74, 6) is 2.77. The summed E-state index contributed by atoms with van der Waals surface area (Å²) in [6.45, 7) is 2.49. The van der Waals surface area contributed by atoms with E-state index in [1.54, 1.807) is 11.6 Å². The Hall–Kier alpha value is -2.67. The Balaban J connectivity index is 2.08. The number of benzene rings is 1. The van der Waals surface area contributed by atoms with Crippen LogP contribution in [0.15, 0.2) is 30.3 Å². The van der Waals surface area contributed by atoms with E-state index in [0.29, 0.717) is 18.1 Å². The molecule has 0 aliphatic rings. The number of aryl methyl sites for hydroxylation is 1. The van der Waals surface area contributed by atoms with Crippen LogP contribution in [0.4, 0.5) is 5.82 Å². The molecule has 0 saturated heterocycles. The number of aliphatic hydroxyl groups excluding tert-OH is 1.